The monoisotopic (exact) mass is 242 g/mol. The van der Waals surface area contributed by atoms with Crippen molar-refractivity contribution in [2.45, 2.75) is 13.8 Å². The van der Waals surface area contributed by atoms with Gasteiger partial charge in [0.25, 0.3) is 5.91 Å². The highest BCUT2D eigenvalue weighted by Crippen LogP contribution is 2.16. The molecule has 0 bridgehead atoms. The van der Waals surface area contributed by atoms with Gasteiger partial charge in [-0.1, -0.05) is 13.8 Å². The largest absolute Gasteiger partial charge is 0.352 e. The SMILES string of the molecule is CC.CN(C)C(=O)C1=C(N(C)C=O)NCN1C. The fourth-order valence-electron chi connectivity index (χ4n) is 1.36. The molecule has 0 aromatic rings. The van der Waals surface area contributed by atoms with Crippen molar-refractivity contribution in [1.82, 2.24) is 20.0 Å². The van der Waals surface area contributed by atoms with Gasteiger partial charge in [-0.15, -0.1) is 0 Å². The van der Waals surface area contributed by atoms with Crippen LogP contribution in [0.25, 0.3) is 0 Å². The Morgan fingerprint density at radius 3 is 2.29 bits per heavy atom. The third kappa shape index (κ3) is 3.37. The first-order valence-corrected chi connectivity index (χ1v) is 5.58. The van der Waals surface area contributed by atoms with E-state index in [1.54, 1.807) is 33.1 Å². The van der Waals surface area contributed by atoms with Gasteiger partial charge in [0.2, 0.25) is 6.41 Å². The van der Waals surface area contributed by atoms with E-state index in [1.165, 1.54) is 9.80 Å². The zero-order chi connectivity index (χ0) is 13.6. The first-order valence-electron chi connectivity index (χ1n) is 5.58. The molecule has 1 N–H and O–H groups in total. The summed E-state index contributed by atoms with van der Waals surface area (Å²) < 4.78 is 0. The summed E-state index contributed by atoms with van der Waals surface area (Å²) in [5.41, 5.74) is 0.509. The molecule has 0 fully saturated rings. The number of carbonyl (C=O) groups is 2. The standard InChI is InChI=1S/C9H16N4O2.C2H6/c1-11(2)9(15)7-8(13(4)6-14)10-5-12(7)3;1-2/h6,10H,5H2,1-4H3;1-2H3. The lowest BCUT2D eigenvalue weighted by molar-refractivity contribution is -0.126. The van der Waals surface area contributed by atoms with Crippen LogP contribution in [0.2, 0.25) is 0 Å². The fraction of sp³-hybridized carbons (Fsp3) is 0.636. The summed E-state index contributed by atoms with van der Waals surface area (Å²) in [6.45, 7) is 4.53. The number of likely N-dealkylation sites (N-methyl/N-ethyl adjacent to an activating group) is 2. The van der Waals surface area contributed by atoms with Crippen molar-refractivity contribution in [1.29, 1.82) is 0 Å². The molecule has 0 spiro atoms. The molecule has 0 aromatic carbocycles. The smallest absolute Gasteiger partial charge is 0.273 e. The highest BCUT2D eigenvalue weighted by Gasteiger charge is 2.28. The van der Waals surface area contributed by atoms with Gasteiger partial charge in [-0.25, -0.2) is 0 Å². The third-order valence-electron chi connectivity index (χ3n) is 2.21. The summed E-state index contributed by atoms with van der Waals surface area (Å²) in [6.07, 6.45) is 0.671. The van der Waals surface area contributed by atoms with Crippen LogP contribution in [-0.4, -0.2) is 61.9 Å². The number of rotatable bonds is 3. The van der Waals surface area contributed by atoms with E-state index in [0.717, 1.165) is 0 Å². The second-order valence-corrected chi connectivity index (χ2v) is 3.65. The average molecular weight is 242 g/mol. The van der Waals surface area contributed by atoms with Crippen molar-refractivity contribution < 1.29 is 9.59 Å². The summed E-state index contributed by atoms with van der Waals surface area (Å²) in [5.74, 6) is 0.428. The minimum absolute atomic E-state index is 0.119. The predicted octanol–water partition coefficient (Wildman–Crippen LogP) is -0.149. The molecule has 0 atom stereocenters. The maximum absolute atomic E-state index is 11.8. The molecule has 1 rings (SSSR count). The Hall–Kier alpha value is -1.72. The van der Waals surface area contributed by atoms with Gasteiger partial charge in [-0.2, -0.15) is 0 Å². The van der Waals surface area contributed by atoms with Gasteiger partial charge in [0.05, 0.1) is 6.67 Å². The minimum Gasteiger partial charge on any atom is -0.352 e. The van der Waals surface area contributed by atoms with Crippen molar-refractivity contribution >= 4 is 12.3 Å². The molecule has 0 saturated carbocycles. The molecular weight excluding hydrogens is 220 g/mol. The molecule has 0 aliphatic carbocycles. The van der Waals surface area contributed by atoms with Crippen LogP contribution in [0.3, 0.4) is 0 Å². The first-order chi connectivity index (χ1) is 7.99. The number of amides is 2. The first kappa shape index (κ1) is 15.3. The lowest BCUT2D eigenvalue weighted by Crippen LogP contribution is -2.32. The topological polar surface area (TPSA) is 55.9 Å². The molecule has 98 valence electrons. The van der Waals surface area contributed by atoms with E-state index in [1.807, 2.05) is 13.8 Å². The van der Waals surface area contributed by atoms with Crippen LogP contribution in [0, 0.1) is 0 Å². The molecule has 17 heavy (non-hydrogen) atoms. The number of nitrogens with zero attached hydrogens (tertiary/aromatic N) is 3. The Bertz CT molecular complexity index is 313. The molecule has 0 unspecified atom stereocenters. The van der Waals surface area contributed by atoms with Crippen LogP contribution in [0.15, 0.2) is 11.5 Å². The molecule has 1 aliphatic heterocycles. The van der Waals surface area contributed by atoms with Crippen molar-refractivity contribution in [2.75, 3.05) is 34.9 Å². The Labute approximate surface area is 103 Å². The van der Waals surface area contributed by atoms with E-state index in [0.29, 0.717) is 24.6 Å². The van der Waals surface area contributed by atoms with Gasteiger partial charge in [0, 0.05) is 28.2 Å². The molecule has 0 radical (unpaired) electrons. The molecule has 0 saturated heterocycles. The molecule has 1 aliphatic rings. The van der Waals surface area contributed by atoms with Crippen LogP contribution in [0.1, 0.15) is 13.8 Å². The van der Waals surface area contributed by atoms with Gasteiger partial charge < -0.3 is 20.0 Å². The van der Waals surface area contributed by atoms with Gasteiger partial charge in [0.1, 0.15) is 11.5 Å². The molecular formula is C11H22N4O2. The van der Waals surface area contributed by atoms with Crippen molar-refractivity contribution in [2.24, 2.45) is 0 Å². The third-order valence-corrected chi connectivity index (χ3v) is 2.21. The molecule has 1 heterocycles. The normalized spacial score (nSPS) is 13.6. The molecule has 6 nitrogen and oxygen atoms in total. The number of hydrogen-bond donors (Lipinski definition) is 1. The van der Waals surface area contributed by atoms with Crippen molar-refractivity contribution in [3.63, 3.8) is 0 Å². The lowest BCUT2D eigenvalue weighted by atomic mass is 10.3. The summed E-state index contributed by atoms with van der Waals surface area (Å²) in [4.78, 5) is 27.1. The average Bonchev–Trinajstić information content (AvgIpc) is 2.71. The fourth-order valence-corrected chi connectivity index (χ4v) is 1.36. The second kappa shape index (κ2) is 6.78. The van der Waals surface area contributed by atoms with Gasteiger partial charge in [0.15, 0.2) is 0 Å². The van der Waals surface area contributed by atoms with Crippen LogP contribution >= 0.6 is 0 Å². The van der Waals surface area contributed by atoms with E-state index in [-0.39, 0.29) is 5.91 Å². The van der Waals surface area contributed by atoms with E-state index < -0.39 is 0 Å². The molecule has 0 aromatic heterocycles. The summed E-state index contributed by atoms with van der Waals surface area (Å²) in [6, 6.07) is 0. The number of carbonyl (C=O) groups excluding carboxylic acids is 2. The zero-order valence-electron chi connectivity index (χ0n) is 11.4. The Kier molecular flexibility index (Phi) is 6.09. The molecule has 2 amide bonds. The van der Waals surface area contributed by atoms with Crippen LogP contribution in [-0.2, 0) is 9.59 Å². The van der Waals surface area contributed by atoms with Crippen LogP contribution < -0.4 is 5.32 Å². The highest BCUT2D eigenvalue weighted by molar-refractivity contribution is 5.93. The zero-order valence-corrected chi connectivity index (χ0v) is 11.4. The quantitative estimate of drug-likeness (QED) is 0.699. The van der Waals surface area contributed by atoms with Crippen LogP contribution in [0.4, 0.5) is 0 Å². The van der Waals surface area contributed by atoms with E-state index in [4.69, 9.17) is 0 Å². The summed E-state index contributed by atoms with van der Waals surface area (Å²) >= 11 is 0. The maximum Gasteiger partial charge on any atom is 0.273 e. The number of nitrogens with one attached hydrogen (secondary N) is 1. The lowest BCUT2D eigenvalue weighted by Gasteiger charge is -2.19. The van der Waals surface area contributed by atoms with E-state index >= 15 is 0 Å². The Balaban J connectivity index is 0.00000121. The number of hydrogen-bond acceptors (Lipinski definition) is 4. The van der Waals surface area contributed by atoms with E-state index in [9.17, 15) is 9.59 Å². The van der Waals surface area contributed by atoms with Gasteiger partial charge in [-0.05, 0) is 0 Å². The summed E-state index contributed by atoms with van der Waals surface area (Å²) in [7, 11) is 6.77. The Morgan fingerprint density at radius 1 is 1.35 bits per heavy atom. The molecule has 6 heteroatoms. The maximum atomic E-state index is 11.8. The highest BCUT2D eigenvalue weighted by atomic mass is 16.2. The van der Waals surface area contributed by atoms with Gasteiger partial charge >= 0.3 is 0 Å². The minimum atomic E-state index is -0.119. The van der Waals surface area contributed by atoms with Gasteiger partial charge in [-0.3, -0.25) is 9.59 Å². The summed E-state index contributed by atoms with van der Waals surface area (Å²) in [5, 5.41) is 3.00. The van der Waals surface area contributed by atoms with Crippen molar-refractivity contribution in [3.05, 3.63) is 11.5 Å². The van der Waals surface area contributed by atoms with Crippen LogP contribution in [0.5, 0.6) is 0 Å². The second-order valence-electron chi connectivity index (χ2n) is 3.65. The Morgan fingerprint density at radius 2 is 1.88 bits per heavy atom. The van der Waals surface area contributed by atoms with Crippen molar-refractivity contribution in [3.8, 4) is 0 Å². The van der Waals surface area contributed by atoms with E-state index in [2.05, 4.69) is 5.32 Å². The predicted molar refractivity (Wildman–Crippen MR) is 66.7 cm³/mol.